The van der Waals surface area contributed by atoms with Crippen molar-refractivity contribution in [3.05, 3.63) is 217 Å². The van der Waals surface area contributed by atoms with Gasteiger partial charge in [-0.15, -0.1) is 0 Å². The van der Waals surface area contributed by atoms with Crippen LogP contribution >= 0.6 is 0 Å². The summed E-state index contributed by atoms with van der Waals surface area (Å²) in [6.45, 7) is 16.4. The van der Waals surface area contributed by atoms with Gasteiger partial charge in [0.25, 0.3) is 0 Å². The molecule has 0 unspecified atom stereocenters. The van der Waals surface area contributed by atoms with Crippen LogP contribution < -0.4 is 52.3 Å². The van der Waals surface area contributed by atoms with Gasteiger partial charge in [0, 0.05) is 85.1 Å². The molecule has 8 N–H and O–H groups in total. The van der Waals surface area contributed by atoms with Crippen molar-refractivity contribution < 1.29 is 76.5 Å². The van der Waals surface area contributed by atoms with Crippen LogP contribution in [0.3, 0.4) is 0 Å². The number of aromatic nitrogens is 2. The number of methoxy groups -OCH3 is 4. The zero-order valence-electron chi connectivity index (χ0n) is 78.1. The summed E-state index contributed by atoms with van der Waals surface area (Å²) in [5, 5.41) is 22.7. The molecule has 0 spiro atoms. The van der Waals surface area contributed by atoms with Crippen LogP contribution in [0.2, 0.25) is 0 Å². The van der Waals surface area contributed by atoms with E-state index in [-0.39, 0.29) is 95.1 Å². The minimum Gasteiger partial charge on any atom is -0.453 e. The smallest absolute Gasteiger partial charge is 0.407 e. The highest BCUT2D eigenvalue weighted by Crippen LogP contribution is 2.50. The van der Waals surface area contributed by atoms with E-state index < -0.39 is 72.7 Å². The van der Waals surface area contributed by atoms with Gasteiger partial charge in [0.05, 0.1) is 52.6 Å². The predicted molar refractivity (Wildman–Crippen MR) is 510 cm³/mol. The number of hydrogen-bond donors (Lipinski definition) is 8. The molecule has 0 radical (unpaired) electrons. The lowest BCUT2D eigenvalue weighted by molar-refractivity contribution is -0.139. The van der Waals surface area contributed by atoms with E-state index in [1.165, 1.54) is 28.4 Å². The summed E-state index contributed by atoms with van der Waals surface area (Å²) in [7, 11) is 4.99. The van der Waals surface area contributed by atoms with Gasteiger partial charge in [-0.25, -0.2) is 19.2 Å². The molecule has 14 rings (SSSR count). The van der Waals surface area contributed by atoms with E-state index >= 15 is 0 Å². The molecule has 12 amide bonds. The summed E-state index contributed by atoms with van der Waals surface area (Å²) >= 11 is 0. The number of carbonyl (C=O) groups excluding carboxylic acids is 12. The molecule has 0 aliphatic carbocycles. The van der Waals surface area contributed by atoms with E-state index in [0.29, 0.717) is 100 Å². The van der Waals surface area contributed by atoms with Crippen LogP contribution in [0.25, 0.3) is 22.3 Å². The molecule has 32 heteroatoms. The second kappa shape index (κ2) is 45.0. The monoisotopic (exact) mass is 1830 g/mol. The Bertz CT molecular complexity index is 4840. The molecule has 6 fully saturated rings. The van der Waals surface area contributed by atoms with E-state index in [1.54, 1.807) is 32.0 Å². The predicted octanol–water partition coefficient (Wildman–Crippen LogP) is 14.9. The molecule has 6 aromatic carbocycles. The molecule has 2 aromatic heterocycles. The quantitative estimate of drug-likeness (QED) is 0.0211. The molecule has 708 valence electrons. The van der Waals surface area contributed by atoms with E-state index in [9.17, 15) is 57.5 Å². The second-order valence-corrected chi connectivity index (χ2v) is 36.2. The average Bonchev–Trinajstić information content (AvgIpc) is 1.58. The third-order valence-electron chi connectivity index (χ3n) is 26.3. The molecule has 8 heterocycles. The first-order valence-electron chi connectivity index (χ1n) is 46.4. The number of nitrogens with zero attached hydrogens (tertiary/aromatic N) is 8. The first-order valence-corrected chi connectivity index (χ1v) is 46.4. The zero-order chi connectivity index (χ0) is 95.6. The van der Waals surface area contributed by atoms with Crippen LogP contribution in [-0.2, 0) is 57.3 Å². The number of hydrogen-bond acceptors (Lipinski definition) is 20. The molecule has 32 nitrogen and oxygen atoms in total. The Kier molecular flexibility index (Phi) is 32.8. The van der Waals surface area contributed by atoms with E-state index in [1.807, 2.05) is 189 Å². The van der Waals surface area contributed by atoms with Crippen LogP contribution in [0, 0.1) is 23.7 Å². The van der Waals surface area contributed by atoms with Crippen LogP contribution in [0.15, 0.2) is 195 Å². The van der Waals surface area contributed by atoms with Crippen LogP contribution in [0.4, 0.5) is 53.3 Å². The van der Waals surface area contributed by atoms with Gasteiger partial charge < -0.3 is 90.9 Å². The van der Waals surface area contributed by atoms with Gasteiger partial charge in [0.2, 0.25) is 47.3 Å². The van der Waals surface area contributed by atoms with Gasteiger partial charge in [-0.2, -0.15) is 0 Å². The number of carbonyl (C=O) groups is 12. The lowest BCUT2D eigenvalue weighted by atomic mass is 10.0. The van der Waals surface area contributed by atoms with Crippen LogP contribution in [0.1, 0.15) is 179 Å². The normalized spacial score (nSPS) is 20.0. The second-order valence-electron chi connectivity index (χ2n) is 36.2. The van der Waals surface area contributed by atoms with Gasteiger partial charge in [-0.3, -0.25) is 48.3 Å². The van der Waals surface area contributed by atoms with Gasteiger partial charge in [0.15, 0.2) is 0 Å². The van der Waals surface area contributed by atoms with Crippen molar-refractivity contribution in [1.29, 1.82) is 0 Å². The lowest BCUT2D eigenvalue weighted by Gasteiger charge is -2.34. The highest BCUT2D eigenvalue weighted by Gasteiger charge is 2.46. The first-order chi connectivity index (χ1) is 64.5. The van der Waals surface area contributed by atoms with Gasteiger partial charge in [-0.1, -0.05) is 140 Å². The van der Waals surface area contributed by atoms with Crippen molar-refractivity contribution in [3.8, 4) is 22.3 Å². The Morgan fingerprint density at radius 2 is 0.515 bits per heavy atom. The fraction of sp³-hybridized carbons (Fsp3) is 0.431. The number of likely N-dealkylation sites (tertiary alicyclic amines) is 4. The molecule has 12 atom stereocenters. The maximum absolute atomic E-state index is 13.7. The number of benzene rings is 6. The fourth-order valence-electron chi connectivity index (χ4n) is 19.2. The maximum atomic E-state index is 13.7. The molecule has 0 bridgehead atoms. The lowest BCUT2D eigenvalue weighted by Crippen LogP contribution is -2.54. The minimum absolute atomic E-state index is 0.00850. The number of amides is 12. The molecule has 6 aliphatic rings. The Labute approximate surface area is 782 Å². The zero-order valence-corrected chi connectivity index (χ0v) is 78.1. The summed E-state index contributed by atoms with van der Waals surface area (Å²) in [5.41, 5.74) is 13.0. The average molecular weight is 1830 g/mol. The number of anilines is 6. The summed E-state index contributed by atoms with van der Waals surface area (Å²) in [6, 6.07) is 50.4. The summed E-state index contributed by atoms with van der Waals surface area (Å²) in [4.78, 5) is 177. The van der Waals surface area contributed by atoms with Gasteiger partial charge in [0.1, 0.15) is 48.3 Å². The Morgan fingerprint density at radius 3 is 0.709 bits per heavy atom. The Hall–Kier alpha value is -13.9. The number of nitrogens with one attached hydrogen (secondary N) is 8. The van der Waals surface area contributed by atoms with Crippen LogP contribution in [-0.4, -0.2) is 204 Å². The highest BCUT2D eigenvalue weighted by molar-refractivity contribution is 6.02. The maximum Gasteiger partial charge on any atom is 0.407 e. The van der Waals surface area contributed by atoms with Crippen molar-refractivity contribution in [2.75, 3.05) is 85.7 Å². The Balaban J connectivity index is 0.000000227. The number of rotatable bonds is 28. The molecule has 134 heavy (non-hydrogen) atoms. The summed E-state index contributed by atoms with van der Waals surface area (Å²) in [6.07, 6.45) is 12.6. The molecule has 0 saturated carbocycles. The van der Waals surface area contributed by atoms with Gasteiger partial charge in [-0.05, 0) is 230 Å². The SMILES string of the molecule is COC(=O)N[C@H](C(=O)N1CCC[C@H]1C(=O)Nc1ccc([C@@H]2CC[C@@H](c3ccc(NC(=O)[C@@H]4CCCN4C(=O)[C@@H](NC(=O)OC)C(C)C)cc3)N2c2ccc(-c3cccnc3)cc2)cc1)C(C)C.COC(=O)N[C@H](C(=O)N1CCC[C@H]1C(=O)Nc1ccc([C@H]2CC[C@H](c3ccc(NC(=O)[C@@H]4CCCN4C(=O)[C@@H](NC(=O)OC)C(C)C)cc3)N2c2ccc(-c3cccnc3)cc2)cc1)C(C)C. The van der Waals surface area contributed by atoms with Crippen molar-refractivity contribution >= 4 is 106 Å². The van der Waals surface area contributed by atoms with Crippen molar-refractivity contribution in [2.45, 2.75) is 205 Å². The molecule has 6 saturated heterocycles. The standard InChI is InChI=1S/2C51H62N8O8/c2*1-31(2)44(55-50(64)66-5)48(62)57-28-8-11-42(57)46(60)53-37-19-13-34(14-20-37)40-25-26-41(59(40)39-23-17-33(18-24-39)36-10-7-27-52-30-36)35-15-21-38(22-16-35)54-47(61)43-12-9-29-58(43)49(63)45(32(3)4)56-51(65)67-6/h2*7,10,13-24,27,30-32,40-45H,8-9,11-12,25-26,28-29H2,1-6H3,(H,53,60)(H,54,61)(H,55,64)(H,56,65)/t40-,41-,42+,43+,44+,45+;40-,41-,42-,43-,44-,45-/m10/s1. The first kappa shape index (κ1) is 97.6. The van der Waals surface area contributed by atoms with Crippen molar-refractivity contribution in [3.63, 3.8) is 0 Å². The summed E-state index contributed by atoms with van der Waals surface area (Å²) in [5.74, 6) is -3.20. The fourth-order valence-corrected chi connectivity index (χ4v) is 19.2. The largest absolute Gasteiger partial charge is 0.453 e. The number of alkyl carbamates (subject to hydrolysis) is 4. The minimum atomic E-state index is -0.821. The van der Waals surface area contributed by atoms with Crippen molar-refractivity contribution in [1.82, 2.24) is 50.8 Å². The summed E-state index contributed by atoms with van der Waals surface area (Å²) < 4.78 is 19.0. The highest BCUT2D eigenvalue weighted by atomic mass is 16.6. The molecule has 6 aliphatic heterocycles. The third-order valence-corrected chi connectivity index (χ3v) is 26.3. The number of ether oxygens (including phenoxy) is 4. The van der Waals surface area contributed by atoms with E-state index in [4.69, 9.17) is 18.9 Å². The molecular weight excluding hydrogens is 1710 g/mol. The number of pyridine rings is 2. The van der Waals surface area contributed by atoms with Crippen LogP contribution in [0.5, 0.6) is 0 Å². The molecular formula is C102H124N16O16. The van der Waals surface area contributed by atoms with Crippen molar-refractivity contribution in [2.24, 2.45) is 23.7 Å². The van der Waals surface area contributed by atoms with E-state index in [0.717, 1.165) is 81.6 Å². The van der Waals surface area contributed by atoms with Gasteiger partial charge >= 0.3 is 24.4 Å². The topological polar surface area (TPSA) is 383 Å². The molecule has 8 aromatic rings. The van der Waals surface area contributed by atoms with E-state index in [2.05, 4.69) is 111 Å². The third kappa shape index (κ3) is 23.2. The Morgan fingerprint density at radius 1 is 0.291 bits per heavy atom.